The Kier molecular flexibility index (Phi) is 6.32. The third-order valence-electron chi connectivity index (χ3n) is 5.94. The fourth-order valence-electron chi connectivity index (χ4n) is 4.31. The van der Waals surface area contributed by atoms with Gasteiger partial charge >= 0.3 is 0 Å². The molecule has 0 saturated carbocycles. The van der Waals surface area contributed by atoms with Gasteiger partial charge in [0.1, 0.15) is 17.0 Å². The Morgan fingerprint density at radius 3 is 2.76 bits per heavy atom. The lowest BCUT2D eigenvalue weighted by Gasteiger charge is -2.37. The van der Waals surface area contributed by atoms with E-state index >= 15 is 0 Å². The van der Waals surface area contributed by atoms with E-state index in [0.717, 1.165) is 37.9 Å². The highest BCUT2D eigenvalue weighted by atomic mass is 32.1. The summed E-state index contributed by atoms with van der Waals surface area (Å²) in [5.74, 6) is 0.505. The van der Waals surface area contributed by atoms with Crippen molar-refractivity contribution in [3.63, 3.8) is 0 Å². The predicted molar refractivity (Wildman–Crippen MR) is 120 cm³/mol. The lowest BCUT2D eigenvalue weighted by atomic mass is 9.99. The number of halogens is 1. The van der Waals surface area contributed by atoms with Gasteiger partial charge in [-0.1, -0.05) is 26.0 Å². The quantitative estimate of drug-likeness (QED) is 0.669. The zero-order valence-corrected chi connectivity index (χ0v) is 18.3. The summed E-state index contributed by atoms with van der Waals surface area (Å²) in [5.41, 5.74) is 2.34. The number of likely N-dealkylation sites (tertiary alicyclic amines) is 1. The second kappa shape index (κ2) is 8.94. The molecule has 2 aliphatic rings. The van der Waals surface area contributed by atoms with Crippen molar-refractivity contribution in [1.82, 2.24) is 10.2 Å². The summed E-state index contributed by atoms with van der Waals surface area (Å²) in [4.78, 5) is 8.55. The topological polar surface area (TPSA) is 39.7 Å². The lowest BCUT2D eigenvalue weighted by Crippen LogP contribution is -2.44. The summed E-state index contributed by atoms with van der Waals surface area (Å²) in [7, 11) is 0. The van der Waals surface area contributed by atoms with Gasteiger partial charge in [0, 0.05) is 35.6 Å². The molecule has 2 aromatic rings. The number of hydrogen-bond acceptors (Lipinski definition) is 5. The Morgan fingerprint density at radius 1 is 1.24 bits per heavy atom. The number of benzene rings is 1. The molecule has 0 aliphatic carbocycles. The van der Waals surface area contributed by atoms with E-state index in [9.17, 15) is 4.39 Å². The highest BCUT2D eigenvalue weighted by Gasteiger charge is 2.28. The number of anilines is 1. The Labute approximate surface area is 177 Å². The molecule has 2 aliphatic heterocycles. The normalized spacial score (nSPS) is 21.2. The van der Waals surface area contributed by atoms with Crippen molar-refractivity contribution in [2.24, 2.45) is 10.9 Å². The van der Waals surface area contributed by atoms with Gasteiger partial charge in [-0.2, -0.15) is 0 Å². The van der Waals surface area contributed by atoms with Crippen molar-refractivity contribution in [1.29, 1.82) is 0 Å². The number of piperidine rings is 1. The van der Waals surface area contributed by atoms with Gasteiger partial charge in [-0.15, -0.1) is 11.3 Å². The second-order valence-corrected chi connectivity index (χ2v) is 9.76. The summed E-state index contributed by atoms with van der Waals surface area (Å²) in [5, 5.41) is 8.31. The Balaban J connectivity index is 1.35. The van der Waals surface area contributed by atoms with Crippen molar-refractivity contribution in [3.8, 4) is 0 Å². The molecule has 0 amide bonds. The Bertz CT molecular complexity index is 854. The van der Waals surface area contributed by atoms with Crippen LogP contribution < -0.4 is 10.6 Å². The maximum Gasteiger partial charge on any atom is 0.130 e. The van der Waals surface area contributed by atoms with Gasteiger partial charge in [-0.25, -0.2) is 4.39 Å². The Morgan fingerprint density at radius 2 is 2.03 bits per heavy atom. The molecule has 6 heteroatoms. The van der Waals surface area contributed by atoms with E-state index in [2.05, 4.69) is 47.4 Å². The van der Waals surface area contributed by atoms with Crippen molar-refractivity contribution in [2.75, 3.05) is 18.4 Å². The van der Waals surface area contributed by atoms with Crippen LogP contribution >= 0.6 is 11.3 Å². The fourth-order valence-corrected chi connectivity index (χ4v) is 5.58. The smallest absolute Gasteiger partial charge is 0.130 e. The number of rotatable bonds is 6. The number of nitrogens with zero attached hydrogens (tertiary/aromatic N) is 2. The first-order chi connectivity index (χ1) is 14.0. The van der Waals surface area contributed by atoms with E-state index in [4.69, 9.17) is 0 Å². The third-order valence-corrected chi connectivity index (χ3v) is 7.04. The predicted octanol–water partition coefficient (Wildman–Crippen LogP) is 5.35. The van der Waals surface area contributed by atoms with Crippen molar-refractivity contribution in [2.45, 2.75) is 58.3 Å². The largest absolute Gasteiger partial charge is 0.338 e. The fraction of sp³-hybridized carbons (Fsp3) is 0.522. The second-order valence-electron chi connectivity index (χ2n) is 8.63. The molecule has 2 atom stereocenters. The maximum absolute atomic E-state index is 13.6. The summed E-state index contributed by atoms with van der Waals surface area (Å²) in [6.07, 6.45) is 5.15. The van der Waals surface area contributed by atoms with E-state index < -0.39 is 0 Å². The molecule has 4 nitrogen and oxygen atoms in total. The molecule has 29 heavy (non-hydrogen) atoms. The number of aliphatic imine (C=N–C) groups is 1. The summed E-state index contributed by atoms with van der Waals surface area (Å²) >= 11 is 1.85. The van der Waals surface area contributed by atoms with Gasteiger partial charge in [0.15, 0.2) is 0 Å². The average Bonchev–Trinajstić information content (AvgIpc) is 3.11. The molecular formula is C23H31FN4S. The SMILES string of the molecule is CC(C)Cc1cc2c(s1)NC=NC2NC1CCN(C(C)c2cccc(F)c2)CC1. The molecule has 0 radical (unpaired) electrons. The molecule has 4 rings (SSSR count). The van der Waals surface area contributed by atoms with Crippen LogP contribution in [0.25, 0.3) is 0 Å². The Hall–Kier alpha value is -1.76. The zero-order valence-electron chi connectivity index (χ0n) is 17.5. The van der Waals surface area contributed by atoms with Crippen molar-refractivity contribution in [3.05, 3.63) is 52.2 Å². The number of fused-ring (bicyclic) bond motifs is 1. The van der Waals surface area contributed by atoms with Crippen LogP contribution in [0.4, 0.5) is 9.39 Å². The minimum atomic E-state index is -0.155. The first kappa shape index (κ1) is 20.5. The van der Waals surface area contributed by atoms with E-state index in [-0.39, 0.29) is 18.0 Å². The maximum atomic E-state index is 13.6. The van der Waals surface area contributed by atoms with E-state index in [0.29, 0.717) is 12.0 Å². The minimum absolute atomic E-state index is 0.0422. The standard InChI is InChI=1S/C23H31FN4S/c1-15(2)11-20-13-21-22(25-14-26-23(21)29-20)27-19-7-9-28(10-8-19)16(3)17-5-4-6-18(24)12-17/h4-6,12-16,19,22,27H,7-11H2,1-3H3,(H,25,26). The molecule has 0 bridgehead atoms. The van der Waals surface area contributed by atoms with E-state index in [1.54, 1.807) is 12.1 Å². The summed E-state index contributed by atoms with van der Waals surface area (Å²) in [6.45, 7) is 8.72. The van der Waals surface area contributed by atoms with Crippen LogP contribution in [0.2, 0.25) is 0 Å². The first-order valence-corrected chi connectivity index (χ1v) is 11.5. The van der Waals surface area contributed by atoms with E-state index in [1.807, 2.05) is 23.7 Å². The molecule has 3 heterocycles. The monoisotopic (exact) mass is 414 g/mol. The molecule has 2 N–H and O–H groups in total. The molecule has 1 aromatic carbocycles. The minimum Gasteiger partial charge on any atom is -0.338 e. The molecule has 1 fully saturated rings. The molecule has 156 valence electrons. The van der Waals surface area contributed by atoms with Crippen LogP contribution in [0, 0.1) is 11.7 Å². The van der Waals surface area contributed by atoms with Gasteiger partial charge in [0.05, 0.1) is 6.34 Å². The molecular weight excluding hydrogens is 383 g/mol. The van der Waals surface area contributed by atoms with Crippen molar-refractivity contribution >= 4 is 22.7 Å². The number of thiophene rings is 1. The third kappa shape index (κ3) is 4.87. The summed E-state index contributed by atoms with van der Waals surface area (Å²) < 4.78 is 13.6. The van der Waals surface area contributed by atoms with Crippen LogP contribution in [0.1, 0.15) is 61.8 Å². The molecule has 0 spiro atoms. The lowest BCUT2D eigenvalue weighted by molar-refractivity contribution is 0.148. The van der Waals surface area contributed by atoms with Gasteiger partial charge < -0.3 is 5.32 Å². The van der Waals surface area contributed by atoms with Gasteiger partial charge in [-0.3, -0.25) is 15.2 Å². The van der Waals surface area contributed by atoms with Gasteiger partial charge in [0.2, 0.25) is 0 Å². The number of hydrogen-bond donors (Lipinski definition) is 2. The van der Waals surface area contributed by atoms with Gasteiger partial charge in [-0.05, 0) is 55.9 Å². The van der Waals surface area contributed by atoms with Crippen LogP contribution in [0.5, 0.6) is 0 Å². The highest BCUT2D eigenvalue weighted by Crippen LogP contribution is 2.37. The zero-order chi connectivity index (χ0) is 20.4. The van der Waals surface area contributed by atoms with E-state index in [1.165, 1.54) is 21.5 Å². The highest BCUT2D eigenvalue weighted by molar-refractivity contribution is 7.16. The van der Waals surface area contributed by atoms with Gasteiger partial charge in [0.25, 0.3) is 0 Å². The average molecular weight is 415 g/mol. The molecule has 1 aromatic heterocycles. The van der Waals surface area contributed by atoms with Crippen LogP contribution in [-0.2, 0) is 6.42 Å². The summed E-state index contributed by atoms with van der Waals surface area (Å²) in [6, 6.07) is 10.0. The van der Waals surface area contributed by atoms with Crippen LogP contribution in [0.15, 0.2) is 35.3 Å². The molecule has 2 unspecified atom stereocenters. The first-order valence-electron chi connectivity index (χ1n) is 10.7. The number of nitrogens with one attached hydrogen (secondary N) is 2. The van der Waals surface area contributed by atoms with Crippen molar-refractivity contribution < 1.29 is 4.39 Å². The van der Waals surface area contributed by atoms with Crippen LogP contribution in [0.3, 0.4) is 0 Å². The molecule has 1 saturated heterocycles. The van der Waals surface area contributed by atoms with Crippen LogP contribution in [-0.4, -0.2) is 30.4 Å².